The average molecular weight is 190 g/mol. The maximum Gasteiger partial charge on any atom is 0.157 e. The number of alkyl halides is 1. The van der Waals surface area contributed by atoms with E-state index in [1.54, 1.807) is 0 Å². The maximum absolute atomic E-state index is 13.5. The van der Waals surface area contributed by atoms with Crippen LogP contribution in [-0.2, 0) is 0 Å². The second-order valence-electron chi connectivity index (χ2n) is 4.18. The van der Waals surface area contributed by atoms with Crippen LogP contribution >= 0.6 is 0 Å². The minimum Gasteiger partial charge on any atom is -0.393 e. The highest BCUT2D eigenvalue weighted by Gasteiger charge is 2.32. The van der Waals surface area contributed by atoms with Gasteiger partial charge in [0.05, 0.1) is 13.2 Å². The summed E-state index contributed by atoms with van der Waals surface area (Å²) in [5.41, 5.74) is -1.75. The Kier molecular flexibility index (Phi) is 4.13. The van der Waals surface area contributed by atoms with Gasteiger partial charge in [-0.15, -0.1) is 0 Å². The second-order valence-corrected chi connectivity index (χ2v) is 4.18. The topological polar surface area (TPSA) is 40.5 Å². The molecule has 0 heterocycles. The zero-order chi connectivity index (χ0) is 9.73. The minimum absolute atomic E-state index is 0.319. The predicted molar refractivity (Wildman–Crippen MR) is 49.2 cm³/mol. The van der Waals surface area contributed by atoms with Crippen LogP contribution in [0, 0.1) is 5.92 Å². The van der Waals surface area contributed by atoms with Crippen LogP contribution in [0.1, 0.15) is 38.5 Å². The van der Waals surface area contributed by atoms with Gasteiger partial charge >= 0.3 is 0 Å². The summed E-state index contributed by atoms with van der Waals surface area (Å²) in [4.78, 5) is 0. The van der Waals surface area contributed by atoms with E-state index >= 15 is 0 Å². The third kappa shape index (κ3) is 3.24. The molecule has 0 radical (unpaired) electrons. The van der Waals surface area contributed by atoms with E-state index in [0.29, 0.717) is 12.3 Å². The Morgan fingerprint density at radius 1 is 1.08 bits per heavy atom. The van der Waals surface area contributed by atoms with Gasteiger partial charge in [0.1, 0.15) is 0 Å². The van der Waals surface area contributed by atoms with Gasteiger partial charge in [0.15, 0.2) is 5.67 Å². The first-order chi connectivity index (χ1) is 6.20. The Balaban J connectivity index is 2.35. The lowest BCUT2D eigenvalue weighted by atomic mass is 9.82. The minimum atomic E-state index is -1.75. The molecule has 2 N–H and O–H groups in total. The number of hydrogen-bond acceptors (Lipinski definition) is 2. The number of aliphatic hydroxyl groups excluding tert-OH is 2. The largest absolute Gasteiger partial charge is 0.393 e. The number of aliphatic hydroxyl groups is 2. The molecule has 0 bridgehead atoms. The first-order valence-corrected chi connectivity index (χ1v) is 5.11. The summed E-state index contributed by atoms with van der Waals surface area (Å²) in [6.07, 6.45) is 5.99. The van der Waals surface area contributed by atoms with Gasteiger partial charge in [0, 0.05) is 0 Å². The molecule has 13 heavy (non-hydrogen) atoms. The molecule has 0 spiro atoms. The summed E-state index contributed by atoms with van der Waals surface area (Å²) in [5.74, 6) is 0.359. The Hall–Kier alpha value is -0.150. The standard InChI is InChI=1S/C10H19FO2/c11-10(7-12,8-13)6-9-4-2-1-3-5-9/h9,12-13H,1-8H2. The molecule has 1 aliphatic rings. The van der Waals surface area contributed by atoms with Crippen LogP contribution in [0.25, 0.3) is 0 Å². The monoisotopic (exact) mass is 190 g/mol. The van der Waals surface area contributed by atoms with Crippen molar-refractivity contribution >= 4 is 0 Å². The fourth-order valence-corrected chi connectivity index (χ4v) is 2.09. The SMILES string of the molecule is OCC(F)(CO)CC1CCCCC1. The molecule has 0 aromatic rings. The van der Waals surface area contributed by atoms with Gasteiger partial charge in [0.2, 0.25) is 0 Å². The fraction of sp³-hybridized carbons (Fsp3) is 1.00. The van der Waals surface area contributed by atoms with Crippen LogP contribution < -0.4 is 0 Å². The quantitative estimate of drug-likeness (QED) is 0.707. The lowest BCUT2D eigenvalue weighted by Gasteiger charge is -2.28. The molecule has 0 unspecified atom stereocenters. The van der Waals surface area contributed by atoms with Crippen LogP contribution in [0.15, 0.2) is 0 Å². The van der Waals surface area contributed by atoms with E-state index < -0.39 is 18.9 Å². The normalized spacial score (nSPS) is 20.5. The van der Waals surface area contributed by atoms with Crippen molar-refractivity contribution in [3.8, 4) is 0 Å². The average Bonchev–Trinajstić information content (AvgIpc) is 2.19. The van der Waals surface area contributed by atoms with Crippen LogP contribution in [0.2, 0.25) is 0 Å². The van der Waals surface area contributed by atoms with Crippen molar-refractivity contribution in [2.24, 2.45) is 5.92 Å². The lowest BCUT2D eigenvalue weighted by Crippen LogP contribution is -2.35. The van der Waals surface area contributed by atoms with Gasteiger partial charge in [-0.3, -0.25) is 0 Å². The first-order valence-electron chi connectivity index (χ1n) is 5.11. The molecule has 78 valence electrons. The third-order valence-corrected chi connectivity index (χ3v) is 2.95. The molecule has 0 aliphatic heterocycles. The number of rotatable bonds is 4. The number of hydrogen-bond donors (Lipinski definition) is 2. The van der Waals surface area contributed by atoms with E-state index in [9.17, 15) is 4.39 Å². The predicted octanol–water partition coefficient (Wildman–Crippen LogP) is 1.65. The molecular weight excluding hydrogens is 171 g/mol. The highest BCUT2D eigenvalue weighted by atomic mass is 19.1. The van der Waals surface area contributed by atoms with Gasteiger partial charge in [-0.1, -0.05) is 32.1 Å². The van der Waals surface area contributed by atoms with Gasteiger partial charge in [-0.05, 0) is 12.3 Å². The van der Waals surface area contributed by atoms with E-state index in [0.717, 1.165) is 25.7 Å². The summed E-state index contributed by atoms with van der Waals surface area (Å²) in [6.45, 7) is -1.11. The maximum atomic E-state index is 13.5. The van der Waals surface area contributed by atoms with E-state index in [1.165, 1.54) is 6.42 Å². The van der Waals surface area contributed by atoms with Gasteiger partial charge in [-0.2, -0.15) is 0 Å². The van der Waals surface area contributed by atoms with Crippen molar-refractivity contribution in [2.75, 3.05) is 13.2 Å². The second kappa shape index (κ2) is 4.91. The van der Waals surface area contributed by atoms with Crippen molar-refractivity contribution in [1.82, 2.24) is 0 Å². The molecule has 2 nitrogen and oxygen atoms in total. The Morgan fingerprint density at radius 3 is 2.08 bits per heavy atom. The summed E-state index contributed by atoms with van der Waals surface area (Å²) < 4.78 is 13.5. The molecule has 1 fully saturated rings. The zero-order valence-electron chi connectivity index (χ0n) is 8.01. The molecule has 3 heteroatoms. The van der Waals surface area contributed by atoms with Crippen molar-refractivity contribution in [1.29, 1.82) is 0 Å². The number of halogens is 1. The molecule has 0 aromatic heterocycles. The highest BCUT2D eigenvalue weighted by molar-refractivity contribution is 4.82. The molecule has 0 aromatic carbocycles. The lowest BCUT2D eigenvalue weighted by molar-refractivity contribution is -0.00622. The van der Waals surface area contributed by atoms with Crippen molar-refractivity contribution in [3.05, 3.63) is 0 Å². The molecule has 0 atom stereocenters. The van der Waals surface area contributed by atoms with Gasteiger partial charge in [0.25, 0.3) is 0 Å². The third-order valence-electron chi connectivity index (χ3n) is 2.95. The molecule has 0 amide bonds. The first kappa shape index (κ1) is 10.9. The fourth-order valence-electron chi connectivity index (χ4n) is 2.09. The molecular formula is C10H19FO2. The summed E-state index contributed by atoms with van der Waals surface area (Å²) in [6, 6.07) is 0. The van der Waals surface area contributed by atoms with Crippen LogP contribution in [0.3, 0.4) is 0 Å². The van der Waals surface area contributed by atoms with Gasteiger partial charge < -0.3 is 10.2 Å². The summed E-state index contributed by atoms with van der Waals surface area (Å²) >= 11 is 0. The van der Waals surface area contributed by atoms with Crippen LogP contribution in [-0.4, -0.2) is 29.1 Å². The smallest absolute Gasteiger partial charge is 0.157 e. The van der Waals surface area contributed by atoms with Crippen molar-refractivity contribution in [2.45, 2.75) is 44.2 Å². The molecule has 1 saturated carbocycles. The Labute approximate surface area is 78.8 Å². The zero-order valence-corrected chi connectivity index (χ0v) is 8.01. The van der Waals surface area contributed by atoms with E-state index in [4.69, 9.17) is 10.2 Å². The van der Waals surface area contributed by atoms with Gasteiger partial charge in [-0.25, -0.2) is 4.39 Å². The van der Waals surface area contributed by atoms with E-state index in [1.807, 2.05) is 0 Å². The van der Waals surface area contributed by atoms with Crippen molar-refractivity contribution in [3.63, 3.8) is 0 Å². The summed E-state index contributed by atoms with van der Waals surface area (Å²) in [5, 5.41) is 17.6. The Bertz CT molecular complexity index is 140. The Morgan fingerprint density at radius 2 is 1.62 bits per heavy atom. The molecule has 1 rings (SSSR count). The van der Waals surface area contributed by atoms with Crippen molar-refractivity contribution < 1.29 is 14.6 Å². The highest BCUT2D eigenvalue weighted by Crippen LogP contribution is 2.31. The van der Waals surface area contributed by atoms with E-state index in [2.05, 4.69) is 0 Å². The van der Waals surface area contributed by atoms with Crippen LogP contribution in [0.4, 0.5) is 4.39 Å². The van der Waals surface area contributed by atoms with E-state index in [-0.39, 0.29) is 0 Å². The summed E-state index contributed by atoms with van der Waals surface area (Å²) in [7, 11) is 0. The van der Waals surface area contributed by atoms with Crippen LogP contribution in [0.5, 0.6) is 0 Å². The molecule has 1 aliphatic carbocycles. The molecule has 0 saturated heterocycles.